The number of allylic oxidation sites excluding steroid dienone is 1. The molecule has 50 heavy (non-hydrogen) atoms. The van der Waals surface area contributed by atoms with E-state index in [4.69, 9.17) is 20.1 Å². The molecule has 2 aliphatic carbocycles. The Bertz CT molecular complexity index is 1930. The monoisotopic (exact) mass is 676 g/mol. The van der Waals surface area contributed by atoms with Gasteiger partial charge < -0.3 is 26.1 Å². The van der Waals surface area contributed by atoms with Crippen molar-refractivity contribution in [2.24, 2.45) is 11.8 Å². The number of amides is 4. The molecule has 2 saturated carbocycles. The number of carbonyl (C=O) groups excluding carboxylic acids is 4. The van der Waals surface area contributed by atoms with E-state index in [0.717, 1.165) is 83.6 Å². The molecule has 1 aromatic heterocycles. The van der Waals surface area contributed by atoms with Crippen molar-refractivity contribution < 1.29 is 23.9 Å². The van der Waals surface area contributed by atoms with E-state index in [9.17, 15) is 19.2 Å². The molecule has 0 spiro atoms. The molecule has 1 atom stereocenters. The molecule has 1 unspecified atom stereocenters. The number of anilines is 2. The third-order valence-electron chi connectivity index (χ3n) is 10.4. The number of imide groups is 2. The molecular weight excluding hydrogens is 636 g/mol. The Balaban J connectivity index is 0.818. The molecule has 4 amide bonds. The number of hydrogen-bond acceptors (Lipinski definition) is 11. The lowest BCUT2D eigenvalue weighted by atomic mass is 9.77. The van der Waals surface area contributed by atoms with Crippen molar-refractivity contribution >= 4 is 57.3 Å². The normalized spacial score (nSPS) is 23.6. The first-order valence-corrected chi connectivity index (χ1v) is 17.6. The highest BCUT2D eigenvalue weighted by Crippen LogP contribution is 2.36. The van der Waals surface area contributed by atoms with Crippen LogP contribution in [-0.4, -0.2) is 82.1 Å². The van der Waals surface area contributed by atoms with Gasteiger partial charge >= 0.3 is 0 Å². The number of nitrogens with zero attached hydrogens (tertiary/aromatic N) is 3. The van der Waals surface area contributed by atoms with Gasteiger partial charge in [-0.1, -0.05) is 0 Å². The minimum atomic E-state index is -0.971. The van der Waals surface area contributed by atoms with Crippen LogP contribution in [0.25, 0.3) is 16.6 Å². The number of hydrogen-bond donors (Lipinski definition) is 5. The van der Waals surface area contributed by atoms with E-state index in [1.165, 1.54) is 0 Å². The summed E-state index contributed by atoms with van der Waals surface area (Å²) >= 11 is 0. The van der Waals surface area contributed by atoms with Crippen molar-refractivity contribution in [3.05, 3.63) is 65.6 Å². The first-order chi connectivity index (χ1) is 24.3. The minimum Gasteiger partial charge on any atom is -0.388 e. The predicted octanol–water partition coefficient (Wildman–Crippen LogP) is 3.87. The second kappa shape index (κ2) is 13.3. The molecule has 3 aliphatic heterocycles. The molecule has 4 fully saturated rings. The summed E-state index contributed by atoms with van der Waals surface area (Å²) in [6.45, 7) is 2.16. The van der Waals surface area contributed by atoms with Gasteiger partial charge in [-0.2, -0.15) is 0 Å². The van der Waals surface area contributed by atoms with Gasteiger partial charge in [0.25, 0.3) is 11.8 Å². The summed E-state index contributed by atoms with van der Waals surface area (Å²) in [6, 6.07) is 10.8. The molecule has 2 aromatic carbocycles. The van der Waals surface area contributed by atoms with Gasteiger partial charge in [-0.25, -0.2) is 4.98 Å². The molecule has 2 saturated heterocycles. The highest BCUT2D eigenvalue weighted by atomic mass is 16.5. The van der Waals surface area contributed by atoms with Crippen molar-refractivity contribution in [2.45, 2.75) is 69.5 Å². The molecule has 4 heterocycles. The third kappa shape index (κ3) is 6.45. The number of nitrogens with one attached hydrogen (secondary N) is 5. The predicted molar refractivity (Wildman–Crippen MR) is 187 cm³/mol. The van der Waals surface area contributed by atoms with E-state index in [1.807, 2.05) is 24.4 Å². The van der Waals surface area contributed by atoms with Crippen molar-refractivity contribution in [3.8, 4) is 0 Å². The molecule has 3 aromatic rings. The maximum absolute atomic E-state index is 13.1. The first-order valence-electron chi connectivity index (χ1n) is 17.6. The van der Waals surface area contributed by atoms with Crippen LogP contribution >= 0.6 is 0 Å². The van der Waals surface area contributed by atoms with Gasteiger partial charge in [0.2, 0.25) is 11.8 Å². The van der Waals surface area contributed by atoms with Crippen LogP contribution in [0.3, 0.4) is 0 Å². The molecule has 5 N–H and O–H groups in total. The first kappa shape index (κ1) is 32.1. The maximum atomic E-state index is 13.1. The smallest absolute Gasteiger partial charge is 0.262 e. The summed E-state index contributed by atoms with van der Waals surface area (Å²) in [5.74, 6) is -1.13. The van der Waals surface area contributed by atoms with Crippen molar-refractivity contribution in [1.29, 1.82) is 5.41 Å². The van der Waals surface area contributed by atoms with Crippen molar-refractivity contribution in [1.82, 2.24) is 25.5 Å². The van der Waals surface area contributed by atoms with Crippen LogP contribution in [0.4, 0.5) is 11.4 Å². The van der Waals surface area contributed by atoms with Crippen LogP contribution in [0.5, 0.6) is 0 Å². The standard InChI is InChI=1S/C37H40N8O5/c38-34(21-3-4-21)28(31-17-41-30-15-23(6-8-29(30)43-31)42-25-18-50-19-25)16-40-24-12-20(13-24)2-1-11-39-22-5-7-26-27(14-22)37(49)45(36(26)48)32-9-10-33(46)44-35(32)47/h5-8,14-17,20-21,24-25,32,38-40,42H,1-4,9-13,18-19H2,(H,44,46,47)/b28-16-,38-34?. The zero-order valence-electron chi connectivity index (χ0n) is 27.7. The van der Waals surface area contributed by atoms with Crippen LogP contribution in [-0.2, 0) is 14.3 Å². The fraction of sp³-hybridized carbons (Fsp3) is 0.432. The van der Waals surface area contributed by atoms with Crippen LogP contribution in [0.2, 0.25) is 0 Å². The second-order valence-corrected chi connectivity index (χ2v) is 14.1. The van der Waals surface area contributed by atoms with Crippen molar-refractivity contribution in [3.63, 3.8) is 0 Å². The number of benzene rings is 2. The summed E-state index contributed by atoms with van der Waals surface area (Å²) in [7, 11) is 0. The fourth-order valence-electron chi connectivity index (χ4n) is 7.18. The quantitative estimate of drug-likeness (QED) is 0.101. The van der Waals surface area contributed by atoms with Gasteiger partial charge in [0.05, 0.1) is 53.3 Å². The van der Waals surface area contributed by atoms with Gasteiger partial charge in [0.1, 0.15) is 6.04 Å². The summed E-state index contributed by atoms with van der Waals surface area (Å²) < 4.78 is 5.26. The van der Waals surface area contributed by atoms with Crippen molar-refractivity contribution in [2.75, 3.05) is 30.4 Å². The van der Waals surface area contributed by atoms with Crippen LogP contribution in [0.15, 0.2) is 48.8 Å². The van der Waals surface area contributed by atoms with Crippen LogP contribution < -0.4 is 21.3 Å². The highest BCUT2D eigenvalue weighted by Gasteiger charge is 2.44. The zero-order chi connectivity index (χ0) is 34.4. The molecule has 5 aliphatic rings. The number of fused-ring (bicyclic) bond motifs is 2. The van der Waals surface area contributed by atoms with Gasteiger partial charge in [-0.15, -0.1) is 0 Å². The topological polar surface area (TPSA) is 178 Å². The SMILES string of the molecule is N=C(/C(=C\NC1CC(CCCNc2ccc3c(c2)C(=O)N(C2CCC(=O)NC2=O)C3=O)C1)c1cnc2cc(NC3COC3)ccc2n1)C1CC1. The number of carbonyl (C=O) groups is 4. The van der Waals surface area contributed by atoms with Gasteiger partial charge in [0, 0.05) is 53.8 Å². The summed E-state index contributed by atoms with van der Waals surface area (Å²) in [5, 5.41) is 21.5. The van der Waals surface area contributed by atoms with Crippen LogP contribution in [0, 0.1) is 17.2 Å². The molecule has 0 bridgehead atoms. The zero-order valence-corrected chi connectivity index (χ0v) is 27.7. The highest BCUT2D eigenvalue weighted by molar-refractivity contribution is 6.24. The van der Waals surface area contributed by atoms with Crippen LogP contribution in [0.1, 0.15) is 77.8 Å². The Morgan fingerprint density at radius 1 is 0.960 bits per heavy atom. The largest absolute Gasteiger partial charge is 0.388 e. The van der Waals surface area contributed by atoms with E-state index < -0.39 is 29.7 Å². The van der Waals surface area contributed by atoms with E-state index in [0.29, 0.717) is 36.9 Å². The van der Waals surface area contributed by atoms with Gasteiger partial charge in [0.15, 0.2) is 0 Å². The Labute approximate surface area is 289 Å². The molecule has 0 radical (unpaired) electrons. The van der Waals surface area contributed by atoms with E-state index >= 15 is 0 Å². The number of piperidine rings is 1. The average Bonchev–Trinajstić information content (AvgIpc) is 3.90. The number of rotatable bonds is 13. The molecule has 8 rings (SSSR count). The van der Waals surface area contributed by atoms with Gasteiger partial charge in [-0.3, -0.25) is 34.4 Å². The average molecular weight is 677 g/mol. The molecule has 13 heteroatoms. The number of ether oxygens (including phenoxy) is 1. The lowest BCUT2D eigenvalue weighted by Crippen LogP contribution is -2.54. The Morgan fingerprint density at radius 2 is 1.76 bits per heavy atom. The number of aromatic nitrogens is 2. The minimum absolute atomic E-state index is 0.0917. The van der Waals surface area contributed by atoms with E-state index in [-0.39, 0.29) is 29.9 Å². The maximum Gasteiger partial charge on any atom is 0.262 e. The summed E-state index contributed by atoms with van der Waals surface area (Å²) in [6.07, 6.45) is 10.2. The van der Waals surface area contributed by atoms with E-state index in [2.05, 4.69) is 21.3 Å². The van der Waals surface area contributed by atoms with E-state index in [1.54, 1.807) is 24.4 Å². The summed E-state index contributed by atoms with van der Waals surface area (Å²) in [4.78, 5) is 60.5. The Kier molecular flexibility index (Phi) is 8.51. The lowest BCUT2D eigenvalue weighted by molar-refractivity contribution is -0.136. The molecule has 258 valence electrons. The second-order valence-electron chi connectivity index (χ2n) is 14.1. The third-order valence-corrected chi connectivity index (χ3v) is 10.4. The fourth-order valence-corrected chi connectivity index (χ4v) is 7.18. The lowest BCUT2D eigenvalue weighted by Gasteiger charge is -2.36. The van der Waals surface area contributed by atoms with Gasteiger partial charge in [-0.05, 0) is 87.3 Å². The molecular formula is C37H40N8O5. The summed E-state index contributed by atoms with van der Waals surface area (Å²) in [5.41, 5.74) is 6.08. The molecule has 13 nitrogen and oxygen atoms in total. The Hall–Kier alpha value is -5.17. The Morgan fingerprint density at radius 3 is 2.52 bits per heavy atom.